The van der Waals surface area contributed by atoms with Gasteiger partial charge >= 0.3 is 0 Å². The zero-order chi connectivity index (χ0) is 20.8. The van der Waals surface area contributed by atoms with E-state index in [1.165, 1.54) is 0 Å². The summed E-state index contributed by atoms with van der Waals surface area (Å²) >= 11 is 4.67. The lowest BCUT2D eigenvalue weighted by Crippen LogP contribution is -1.88. The van der Waals surface area contributed by atoms with Gasteiger partial charge in [-0.15, -0.1) is 12.6 Å². The Morgan fingerprint density at radius 1 is 0.613 bits per heavy atom. The number of aromatic nitrogens is 4. The molecule has 0 saturated carbocycles. The van der Waals surface area contributed by atoms with Gasteiger partial charge in [0.2, 0.25) is 0 Å². The van der Waals surface area contributed by atoms with Gasteiger partial charge in [-0.2, -0.15) is 0 Å². The highest BCUT2D eigenvalue weighted by Crippen LogP contribution is 2.32. The number of aromatic amines is 2. The summed E-state index contributed by atoms with van der Waals surface area (Å²) in [5, 5.41) is 0. The average Bonchev–Trinajstić information content (AvgIpc) is 3.53. The van der Waals surface area contributed by atoms with Crippen LogP contribution in [0, 0.1) is 0 Å². The van der Waals surface area contributed by atoms with E-state index < -0.39 is 0 Å². The molecule has 0 saturated heterocycles. The first-order valence-corrected chi connectivity index (χ1v) is 10.5. The van der Waals surface area contributed by atoms with Crippen molar-refractivity contribution in [3.05, 3.63) is 101 Å². The molecule has 0 atom stereocenters. The summed E-state index contributed by atoms with van der Waals surface area (Å²) in [5.41, 5.74) is 9.72. The highest BCUT2D eigenvalue weighted by Gasteiger charge is 2.15. The highest BCUT2D eigenvalue weighted by molar-refractivity contribution is 7.80. The van der Waals surface area contributed by atoms with Crippen LogP contribution in [0.25, 0.3) is 45.9 Å². The molecule has 31 heavy (non-hydrogen) atoms. The van der Waals surface area contributed by atoms with Crippen molar-refractivity contribution >= 4 is 58.5 Å². The molecule has 2 aliphatic heterocycles. The molecule has 5 heterocycles. The van der Waals surface area contributed by atoms with Crippen molar-refractivity contribution in [2.24, 2.45) is 0 Å². The maximum atomic E-state index is 4.90. The second kappa shape index (κ2) is 7.15. The molecule has 4 nitrogen and oxygen atoms in total. The number of thiol groups is 1. The Hall–Kier alpha value is -3.83. The standard InChI is InChI=1S/C26H18N4S/c31-26-4-2-1-3-23(26)24-14-22-13-20-8-7-18(28-20)11-16-5-6-17(27-16)12-19-9-10-21(29-19)15-25(24)30-22/h1-15,27-28,31H. The Labute approximate surface area is 184 Å². The average molecular weight is 419 g/mol. The molecular formula is C26H18N4S. The first-order chi connectivity index (χ1) is 15.2. The summed E-state index contributed by atoms with van der Waals surface area (Å²) in [6.07, 6.45) is 6.15. The predicted molar refractivity (Wildman–Crippen MR) is 131 cm³/mol. The largest absolute Gasteiger partial charge is 0.355 e. The van der Waals surface area contributed by atoms with Crippen molar-refractivity contribution in [2.45, 2.75) is 4.90 Å². The SMILES string of the molecule is Sc1ccccc1C1=Cc2cc3ccc(cc4ccc(cc5nc(cc1n2)C=C5)[nH]4)[nH]3. The number of nitrogens with zero attached hydrogens (tertiary/aromatic N) is 2. The van der Waals surface area contributed by atoms with Crippen LogP contribution in [0.4, 0.5) is 0 Å². The third kappa shape index (κ3) is 3.49. The number of fused-ring (bicyclic) bond motifs is 8. The number of H-pyrrole nitrogens is 2. The number of nitrogens with one attached hydrogen (secondary N) is 2. The summed E-state index contributed by atoms with van der Waals surface area (Å²) in [6, 6.07) is 24.6. The molecule has 2 N–H and O–H groups in total. The van der Waals surface area contributed by atoms with Crippen LogP contribution in [0.5, 0.6) is 0 Å². The maximum Gasteiger partial charge on any atom is 0.0737 e. The van der Waals surface area contributed by atoms with E-state index in [0.29, 0.717) is 0 Å². The molecule has 0 fully saturated rings. The van der Waals surface area contributed by atoms with Crippen LogP contribution < -0.4 is 0 Å². The van der Waals surface area contributed by atoms with E-state index in [2.05, 4.69) is 71.1 Å². The first kappa shape index (κ1) is 18.0. The summed E-state index contributed by atoms with van der Waals surface area (Å²) < 4.78 is 0. The van der Waals surface area contributed by atoms with Crippen molar-refractivity contribution in [3.63, 3.8) is 0 Å². The molecule has 0 radical (unpaired) electrons. The summed E-state index contributed by atoms with van der Waals surface area (Å²) in [5.74, 6) is 0. The van der Waals surface area contributed by atoms with Gasteiger partial charge in [0.05, 0.1) is 22.8 Å². The fourth-order valence-corrected chi connectivity index (χ4v) is 4.21. The van der Waals surface area contributed by atoms with Crippen molar-refractivity contribution in [1.29, 1.82) is 0 Å². The van der Waals surface area contributed by atoms with Crippen LogP contribution in [0.15, 0.2) is 77.7 Å². The molecule has 0 spiro atoms. The van der Waals surface area contributed by atoms with Gasteiger partial charge in [0.25, 0.3) is 0 Å². The Balaban J connectivity index is 1.66. The molecule has 148 valence electrons. The minimum absolute atomic E-state index is 0.876. The molecular weight excluding hydrogens is 400 g/mol. The molecule has 1 aromatic carbocycles. The van der Waals surface area contributed by atoms with E-state index in [4.69, 9.17) is 9.97 Å². The number of hydrogen-bond acceptors (Lipinski definition) is 3. The first-order valence-electron chi connectivity index (χ1n) is 10.1. The lowest BCUT2D eigenvalue weighted by atomic mass is 10.0. The van der Waals surface area contributed by atoms with Crippen LogP contribution >= 0.6 is 12.6 Å². The maximum absolute atomic E-state index is 4.90. The molecule has 5 heteroatoms. The van der Waals surface area contributed by atoms with Crippen LogP contribution in [-0.2, 0) is 0 Å². The molecule has 2 aliphatic rings. The van der Waals surface area contributed by atoms with Crippen molar-refractivity contribution in [1.82, 2.24) is 19.9 Å². The van der Waals surface area contributed by atoms with Crippen molar-refractivity contribution < 1.29 is 0 Å². The lowest BCUT2D eigenvalue weighted by molar-refractivity contribution is 1.26. The van der Waals surface area contributed by atoms with E-state index in [0.717, 1.165) is 60.9 Å². The number of hydrogen-bond donors (Lipinski definition) is 3. The minimum Gasteiger partial charge on any atom is -0.355 e. The summed E-state index contributed by atoms with van der Waals surface area (Å²) in [6.45, 7) is 0. The van der Waals surface area contributed by atoms with E-state index >= 15 is 0 Å². The Bertz CT molecular complexity index is 1550. The summed E-state index contributed by atoms with van der Waals surface area (Å²) in [7, 11) is 0. The van der Waals surface area contributed by atoms with E-state index in [-0.39, 0.29) is 0 Å². The smallest absolute Gasteiger partial charge is 0.0737 e. The quantitative estimate of drug-likeness (QED) is 0.272. The van der Waals surface area contributed by atoms with Crippen LogP contribution in [0.2, 0.25) is 0 Å². The molecule has 0 amide bonds. The van der Waals surface area contributed by atoms with E-state index in [1.54, 1.807) is 0 Å². The predicted octanol–water partition coefficient (Wildman–Crippen LogP) is 6.36. The van der Waals surface area contributed by atoms with Crippen molar-refractivity contribution in [2.75, 3.05) is 0 Å². The molecule has 0 unspecified atom stereocenters. The zero-order valence-electron chi connectivity index (χ0n) is 16.5. The Morgan fingerprint density at radius 2 is 1.23 bits per heavy atom. The third-order valence-corrected chi connectivity index (χ3v) is 5.75. The second-order valence-electron chi connectivity index (χ2n) is 7.61. The van der Waals surface area contributed by atoms with E-state index in [1.807, 2.05) is 42.5 Å². The van der Waals surface area contributed by atoms with Gasteiger partial charge < -0.3 is 9.97 Å². The van der Waals surface area contributed by atoms with Gasteiger partial charge in [-0.3, -0.25) is 0 Å². The van der Waals surface area contributed by atoms with Gasteiger partial charge in [0.15, 0.2) is 0 Å². The Morgan fingerprint density at radius 3 is 1.94 bits per heavy atom. The molecule has 3 aromatic heterocycles. The monoisotopic (exact) mass is 418 g/mol. The van der Waals surface area contributed by atoms with Gasteiger partial charge in [-0.1, -0.05) is 18.2 Å². The second-order valence-corrected chi connectivity index (χ2v) is 8.09. The minimum atomic E-state index is 0.876. The fraction of sp³-hybridized carbons (Fsp3) is 0. The van der Waals surface area contributed by atoms with Crippen LogP contribution in [-0.4, -0.2) is 19.9 Å². The van der Waals surface area contributed by atoms with Crippen LogP contribution in [0.3, 0.4) is 0 Å². The Kier molecular flexibility index (Phi) is 4.14. The van der Waals surface area contributed by atoms with Gasteiger partial charge in [-0.25, -0.2) is 9.97 Å². The van der Waals surface area contributed by atoms with Gasteiger partial charge in [-0.05, 0) is 78.4 Å². The highest BCUT2D eigenvalue weighted by atomic mass is 32.1. The molecule has 6 rings (SSSR count). The topological polar surface area (TPSA) is 57.4 Å². The molecule has 8 bridgehead atoms. The molecule has 4 aromatic rings. The number of benzene rings is 1. The van der Waals surface area contributed by atoms with Gasteiger partial charge in [0.1, 0.15) is 0 Å². The molecule has 0 aliphatic carbocycles. The normalized spacial score (nSPS) is 12.7. The van der Waals surface area contributed by atoms with Crippen LogP contribution in [0.1, 0.15) is 28.3 Å². The van der Waals surface area contributed by atoms with Crippen molar-refractivity contribution in [3.8, 4) is 0 Å². The fourth-order valence-electron chi connectivity index (χ4n) is 3.93. The third-order valence-electron chi connectivity index (χ3n) is 5.36. The number of rotatable bonds is 1. The van der Waals surface area contributed by atoms with Gasteiger partial charge in [0, 0.05) is 32.5 Å². The lowest BCUT2D eigenvalue weighted by Gasteiger charge is -2.05. The zero-order valence-corrected chi connectivity index (χ0v) is 17.4. The van der Waals surface area contributed by atoms with E-state index in [9.17, 15) is 0 Å². The summed E-state index contributed by atoms with van der Waals surface area (Å²) in [4.78, 5) is 17.4.